The zero-order valence-corrected chi connectivity index (χ0v) is 17.1. The van der Waals surface area contributed by atoms with E-state index in [1.54, 1.807) is 6.20 Å². The third-order valence-electron chi connectivity index (χ3n) is 5.46. The summed E-state index contributed by atoms with van der Waals surface area (Å²) in [5, 5.41) is 0. The molecule has 0 bridgehead atoms. The molecule has 1 aliphatic rings. The summed E-state index contributed by atoms with van der Waals surface area (Å²) in [5.41, 5.74) is 1.38. The molecule has 1 fully saturated rings. The number of nitrogens with zero attached hydrogens (tertiary/aromatic N) is 4. The van der Waals surface area contributed by atoms with Crippen LogP contribution >= 0.6 is 0 Å². The highest BCUT2D eigenvalue weighted by molar-refractivity contribution is 5.94. The molecular formula is C23H32N4O. The fourth-order valence-electron chi connectivity index (χ4n) is 3.71. The Labute approximate surface area is 169 Å². The van der Waals surface area contributed by atoms with Crippen LogP contribution in [-0.4, -0.2) is 67.5 Å². The first-order valence-corrected chi connectivity index (χ1v) is 10.3. The number of benzene rings is 1. The average Bonchev–Trinajstić information content (AvgIpc) is 2.74. The van der Waals surface area contributed by atoms with Gasteiger partial charge in [0.15, 0.2) is 0 Å². The van der Waals surface area contributed by atoms with Gasteiger partial charge in [0.2, 0.25) is 5.91 Å². The molecule has 0 spiro atoms. The van der Waals surface area contributed by atoms with Crippen molar-refractivity contribution in [1.29, 1.82) is 0 Å². The van der Waals surface area contributed by atoms with Gasteiger partial charge in [-0.3, -0.25) is 9.69 Å². The van der Waals surface area contributed by atoms with E-state index in [-0.39, 0.29) is 11.8 Å². The number of likely N-dealkylation sites (N-methyl/N-ethyl adjacent to an activating group) is 1. The average molecular weight is 381 g/mol. The highest BCUT2D eigenvalue weighted by Gasteiger charge is 2.29. The fraction of sp³-hybridized carbons (Fsp3) is 0.478. The second-order valence-electron chi connectivity index (χ2n) is 7.83. The standard InChI is InChI=1S/C23H32N4O/c1-25(2)18-19-27(22-10-6-7-14-24-22)23(28)21-12-16-26(17-13-21)15-11-20-8-4-3-5-9-20/h3-10,14,21H,11-13,15-19H2,1-2H3. The van der Waals surface area contributed by atoms with Crippen LogP contribution in [0.15, 0.2) is 54.7 Å². The summed E-state index contributed by atoms with van der Waals surface area (Å²) in [4.78, 5) is 24.1. The summed E-state index contributed by atoms with van der Waals surface area (Å²) in [6.45, 7) is 4.56. The molecule has 1 aromatic heterocycles. The topological polar surface area (TPSA) is 39.7 Å². The molecule has 2 heterocycles. The van der Waals surface area contributed by atoms with Crippen LogP contribution in [0, 0.1) is 5.92 Å². The molecule has 1 amide bonds. The maximum Gasteiger partial charge on any atom is 0.231 e. The van der Waals surface area contributed by atoms with Gasteiger partial charge in [0.05, 0.1) is 0 Å². The fourth-order valence-corrected chi connectivity index (χ4v) is 3.71. The van der Waals surface area contributed by atoms with Gasteiger partial charge >= 0.3 is 0 Å². The molecule has 0 unspecified atom stereocenters. The van der Waals surface area contributed by atoms with Gasteiger partial charge in [-0.05, 0) is 64.1 Å². The predicted molar refractivity (Wildman–Crippen MR) is 114 cm³/mol. The highest BCUT2D eigenvalue weighted by atomic mass is 16.2. The monoisotopic (exact) mass is 380 g/mol. The summed E-state index contributed by atoms with van der Waals surface area (Å²) in [5.74, 6) is 1.08. The van der Waals surface area contributed by atoms with Crippen LogP contribution in [0.2, 0.25) is 0 Å². The van der Waals surface area contributed by atoms with E-state index in [1.165, 1.54) is 5.56 Å². The Morgan fingerprint density at radius 1 is 1.04 bits per heavy atom. The molecule has 0 radical (unpaired) electrons. The smallest absolute Gasteiger partial charge is 0.231 e. The lowest BCUT2D eigenvalue weighted by Gasteiger charge is -2.34. The van der Waals surface area contributed by atoms with E-state index < -0.39 is 0 Å². The minimum absolute atomic E-state index is 0.0946. The van der Waals surface area contributed by atoms with Crippen molar-refractivity contribution in [3.05, 3.63) is 60.3 Å². The lowest BCUT2D eigenvalue weighted by molar-refractivity contribution is -0.123. The maximum atomic E-state index is 13.2. The number of amides is 1. The number of hydrogen-bond acceptors (Lipinski definition) is 4. The SMILES string of the molecule is CN(C)CCN(C(=O)C1CCN(CCc2ccccc2)CC1)c1ccccn1. The van der Waals surface area contributed by atoms with E-state index in [9.17, 15) is 4.79 Å². The van der Waals surface area contributed by atoms with Gasteiger partial charge < -0.3 is 9.80 Å². The van der Waals surface area contributed by atoms with Gasteiger partial charge in [-0.2, -0.15) is 0 Å². The molecule has 1 saturated heterocycles. The molecule has 2 aromatic rings. The number of rotatable bonds is 8. The summed E-state index contributed by atoms with van der Waals surface area (Å²) >= 11 is 0. The van der Waals surface area contributed by atoms with Crippen LogP contribution in [0.5, 0.6) is 0 Å². The molecule has 0 aliphatic carbocycles. The van der Waals surface area contributed by atoms with Crippen LogP contribution in [0.4, 0.5) is 5.82 Å². The van der Waals surface area contributed by atoms with E-state index in [0.717, 1.165) is 51.3 Å². The minimum Gasteiger partial charge on any atom is -0.308 e. The van der Waals surface area contributed by atoms with Crippen molar-refractivity contribution in [2.45, 2.75) is 19.3 Å². The summed E-state index contributed by atoms with van der Waals surface area (Å²) in [7, 11) is 4.07. The first-order chi connectivity index (χ1) is 13.6. The van der Waals surface area contributed by atoms with Crippen molar-refractivity contribution in [1.82, 2.24) is 14.8 Å². The number of pyridine rings is 1. The molecule has 5 nitrogen and oxygen atoms in total. The molecule has 1 aromatic carbocycles. The molecule has 150 valence electrons. The number of carbonyl (C=O) groups is 1. The van der Waals surface area contributed by atoms with Crippen molar-refractivity contribution in [3.63, 3.8) is 0 Å². The van der Waals surface area contributed by atoms with Crippen molar-refractivity contribution in [3.8, 4) is 0 Å². The molecular weight excluding hydrogens is 348 g/mol. The lowest BCUT2D eigenvalue weighted by atomic mass is 9.94. The Balaban J connectivity index is 1.54. The third-order valence-corrected chi connectivity index (χ3v) is 5.46. The molecule has 1 aliphatic heterocycles. The zero-order valence-electron chi connectivity index (χ0n) is 17.1. The summed E-state index contributed by atoms with van der Waals surface area (Å²) in [6.07, 6.45) is 4.69. The van der Waals surface area contributed by atoms with Crippen molar-refractivity contribution < 1.29 is 4.79 Å². The Morgan fingerprint density at radius 3 is 2.39 bits per heavy atom. The van der Waals surface area contributed by atoms with Gasteiger partial charge in [0.25, 0.3) is 0 Å². The number of piperidine rings is 1. The van der Waals surface area contributed by atoms with Crippen LogP contribution < -0.4 is 4.90 Å². The number of carbonyl (C=O) groups excluding carboxylic acids is 1. The molecule has 0 saturated carbocycles. The molecule has 5 heteroatoms. The number of likely N-dealkylation sites (tertiary alicyclic amines) is 1. The van der Waals surface area contributed by atoms with E-state index >= 15 is 0 Å². The molecule has 28 heavy (non-hydrogen) atoms. The third kappa shape index (κ3) is 5.88. The second-order valence-corrected chi connectivity index (χ2v) is 7.83. The Morgan fingerprint density at radius 2 is 1.75 bits per heavy atom. The van der Waals surface area contributed by atoms with Crippen molar-refractivity contribution in [2.75, 3.05) is 51.7 Å². The first kappa shape index (κ1) is 20.5. The summed E-state index contributed by atoms with van der Waals surface area (Å²) < 4.78 is 0. The van der Waals surface area contributed by atoms with E-state index in [1.807, 2.05) is 37.2 Å². The quantitative estimate of drug-likeness (QED) is 0.706. The maximum absolute atomic E-state index is 13.2. The van der Waals surface area contributed by atoms with Crippen LogP contribution in [0.3, 0.4) is 0 Å². The van der Waals surface area contributed by atoms with Crippen LogP contribution in [-0.2, 0) is 11.2 Å². The van der Waals surface area contributed by atoms with Crippen molar-refractivity contribution in [2.24, 2.45) is 5.92 Å². The predicted octanol–water partition coefficient (Wildman–Crippen LogP) is 2.93. The van der Waals surface area contributed by atoms with Gasteiger partial charge in [-0.25, -0.2) is 4.98 Å². The lowest BCUT2D eigenvalue weighted by Crippen LogP contribution is -2.45. The van der Waals surface area contributed by atoms with Gasteiger partial charge in [-0.1, -0.05) is 36.4 Å². The first-order valence-electron chi connectivity index (χ1n) is 10.3. The second kappa shape index (κ2) is 10.3. The van der Waals surface area contributed by atoms with Crippen molar-refractivity contribution >= 4 is 11.7 Å². The number of aromatic nitrogens is 1. The van der Waals surface area contributed by atoms with E-state index in [4.69, 9.17) is 0 Å². The van der Waals surface area contributed by atoms with Crippen LogP contribution in [0.25, 0.3) is 0 Å². The van der Waals surface area contributed by atoms with E-state index in [2.05, 4.69) is 45.1 Å². The van der Waals surface area contributed by atoms with Gasteiger partial charge in [-0.15, -0.1) is 0 Å². The number of hydrogen-bond donors (Lipinski definition) is 0. The summed E-state index contributed by atoms with van der Waals surface area (Å²) in [6, 6.07) is 16.4. The number of anilines is 1. The Bertz CT molecular complexity index is 712. The van der Waals surface area contributed by atoms with Gasteiger partial charge in [0, 0.05) is 31.7 Å². The molecule has 0 N–H and O–H groups in total. The zero-order chi connectivity index (χ0) is 19.8. The van der Waals surface area contributed by atoms with Crippen LogP contribution in [0.1, 0.15) is 18.4 Å². The normalized spacial score (nSPS) is 15.7. The van der Waals surface area contributed by atoms with Gasteiger partial charge in [0.1, 0.15) is 5.82 Å². The Kier molecular flexibility index (Phi) is 7.57. The molecule has 3 rings (SSSR count). The highest BCUT2D eigenvalue weighted by Crippen LogP contribution is 2.22. The molecule has 0 atom stereocenters. The Hall–Kier alpha value is -2.24. The largest absolute Gasteiger partial charge is 0.308 e. The minimum atomic E-state index is 0.0946. The van der Waals surface area contributed by atoms with E-state index in [0.29, 0.717) is 6.54 Å².